The molecule has 20 heavy (non-hydrogen) atoms. The third-order valence-electron chi connectivity index (χ3n) is 2.99. The summed E-state index contributed by atoms with van der Waals surface area (Å²) in [5, 5.41) is 0.0166. The second kappa shape index (κ2) is 6.63. The molecule has 0 bridgehead atoms. The van der Waals surface area contributed by atoms with Gasteiger partial charge in [0.25, 0.3) is 0 Å². The summed E-state index contributed by atoms with van der Waals surface area (Å²) in [7, 11) is 0. The van der Waals surface area contributed by atoms with Crippen LogP contribution in [0.2, 0.25) is 5.02 Å². The van der Waals surface area contributed by atoms with Gasteiger partial charge >= 0.3 is 0 Å². The highest BCUT2D eigenvalue weighted by Gasteiger charge is 2.17. The minimum Gasteiger partial charge on any atom is -0.271 e. The molecule has 0 fully saturated rings. The van der Waals surface area contributed by atoms with Gasteiger partial charge in [-0.2, -0.15) is 0 Å². The quantitative estimate of drug-likeness (QED) is 0.635. The largest absolute Gasteiger partial charge is 0.271 e. The van der Waals surface area contributed by atoms with Gasteiger partial charge < -0.3 is 0 Å². The Morgan fingerprint density at radius 3 is 2.70 bits per heavy atom. The summed E-state index contributed by atoms with van der Waals surface area (Å²) < 4.78 is 27.5. The van der Waals surface area contributed by atoms with Crippen LogP contribution >= 0.6 is 27.5 Å². The third-order valence-corrected chi connectivity index (χ3v) is 4.16. The predicted molar refractivity (Wildman–Crippen MR) is 79.3 cm³/mol. The molecule has 3 N–H and O–H groups in total. The zero-order valence-electron chi connectivity index (χ0n) is 10.3. The number of benzene rings is 2. The van der Waals surface area contributed by atoms with Crippen molar-refractivity contribution >= 4 is 27.5 Å². The first kappa shape index (κ1) is 15.4. The molecule has 0 aromatic heterocycles. The fourth-order valence-corrected chi connectivity index (χ4v) is 2.63. The van der Waals surface area contributed by atoms with Gasteiger partial charge in [-0.05, 0) is 41.8 Å². The first-order valence-corrected chi connectivity index (χ1v) is 7.04. The number of halogens is 4. The molecular weight excluding hydrogens is 350 g/mol. The fraction of sp³-hybridized carbons (Fsp3) is 0.143. The van der Waals surface area contributed by atoms with Crippen molar-refractivity contribution in [2.45, 2.75) is 12.5 Å². The van der Waals surface area contributed by atoms with E-state index in [1.54, 1.807) is 18.2 Å². The molecule has 0 spiro atoms. The summed E-state index contributed by atoms with van der Waals surface area (Å²) in [4.78, 5) is 0. The lowest BCUT2D eigenvalue weighted by atomic mass is 9.99. The zero-order chi connectivity index (χ0) is 14.7. The van der Waals surface area contributed by atoms with Gasteiger partial charge in [0.15, 0.2) is 0 Å². The average molecular weight is 362 g/mol. The van der Waals surface area contributed by atoms with Crippen LogP contribution < -0.4 is 11.3 Å². The molecular formula is C14H12BrClF2N2. The first-order chi connectivity index (χ1) is 9.52. The van der Waals surface area contributed by atoms with E-state index < -0.39 is 11.9 Å². The molecule has 0 heterocycles. The van der Waals surface area contributed by atoms with Crippen molar-refractivity contribution in [2.24, 2.45) is 5.84 Å². The van der Waals surface area contributed by atoms with E-state index in [2.05, 4.69) is 21.4 Å². The molecule has 6 heteroatoms. The Morgan fingerprint density at radius 1 is 1.25 bits per heavy atom. The normalized spacial score (nSPS) is 12.4. The maximum Gasteiger partial charge on any atom is 0.142 e. The molecule has 2 aromatic carbocycles. The Labute approximate surface area is 129 Å². The van der Waals surface area contributed by atoms with Crippen molar-refractivity contribution in [1.29, 1.82) is 0 Å². The molecule has 0 aliphatic heterocycles. The molecule has 0 radical (unpaired) electrons. The molecule has 1 unspecified atom stereocenters. The smallest absolute Gasteiger partial charge is 0.142 e. The van der Waals surface area contributed by atoms with Crippen LogP contribution in [-0.2, 0) is 6.42 Å². The fourth-order valence-electron chi connectivity index (χ4n) is 1.97. The van der Waals surface area contributed by atoms with Crippen LogP contribution in [0.25, 0.3) is 0 Å². The molecule has 106 valence electrons. The molecule has 2 rings (SSSR count). The number of nitrogens with one attached hydrogen (secondary N) is 1. The van der Waals surface area contributed by atoms with Crippen LogP contribution in [0.15, 0.2) is 40.9 Å². The SMILES string of the molecule is NNC(Cc1cc(F)ccc1Br)c1cccc(F)c1Cl. The summed E-state index contributed by atoms with van der Waals surface area (Å²) >= 11 is 9.30. The molecule has 0 aliphatic rings. The van der Waals surface area contributed by atoms with E-state index >= 15 is 0 Å². The maximum absolute atomic E-state index is 13.5. The van der Waals surface area contributed by atoms with Crippen LogP contribution in [0.3, 0.4) is 0 Å². The average Bonchev–Trinajstić information content (AvgIpc) is 2.43. The van der Waals surface area contributed by atoms with E-state index in [1.807, 2.05) is 0 Å². The number of hydrogen-bond donors (Lipinski definition) is 2. The van der Waals surface area contributed by atoms with Crippen LogP contribution in [0.5, 0.6) is 0 Å². The topological polar surface area (TPSA) is 38.0 Å². The van der Waals surface area contributed by atoms with E-state index in [0.717, 1.165) is 4.47 Å². The van der Waals surface area contributed by atoms with Crippen LogP contribution in [0.4, 0.5) is 8.78 Å². The van der Waals surface area contributed by atoms with E-state index in [4.69, 9.17) is 17.4 Å². The second-order valence-corrected chi connectivity index (χ2v) is 5.53. The summed E-state index contributed by atoms with van der Waals surface area (Å²) in [5.74, 6) is 4.66. The monoisotopic (exact) mass is 360 g/mol. The number of nitrogens with two attached hydrogens (primary N) is 1. The van der Waals surface area contributed by atoms with Crippen LogP contribution in [0, 0.1) is 11.6 Å². The zero-order valence-corrected chi connectivity index (χ0v) is 12.7. The molecule has 0 amide bonds. The van der Waals surface area contributed by atoms with Gasteiger partial charge in [-0.3, -0.25) is 11.3 Å². The molecule has 0 saturated carbocycles. The lowest BCUT2D eigenvalue weighted by Crippen LogP contribution is -2.30. The van der Waals surface area contributed by atoms with Gasteiger partial charge in [-0.25, -0.2) is 8.78 Å². The van der Waals surface area contributed by atoms with Crippen molar-refractivity contribution in [3.05, 3.63) is 68.7 Å². The van der Waals surface area contributed by atoms with Crippen molar-refractivity contribution < 1.29 is 8.78 Å². The summed E-state index contributed by atoms with van der Waals surface area (Å²) in [6, 6.07) is 8.47. The minimum absolute atomic E-state index is 0.0166. The minimum atomic E-state index is -0.511. The van der Waals surface area contributed by atoms with Crippen molar-refractivity contribution in [3.8, 4) is 0 Å². The highest BCUT2D eigenvalue weighted by molar-refractivity contribution is 9.10. The van der Waals surface area contributed by atoms with Crippen molar-refractivity contribution in [1.82, 2.24) is 5.43 Å². The molecule has 1 atom stereocenters. The third kappa shape index (κ3) is 3.35. The Morgan fingerprint density at radius 2 is 2.00 bits per heavy atom. The van der Waals surface area contributed by atoms with E-state index in [1.165, 1.54) is 18.2 Å². The van der Waals surface area contributed by atoms with Crippen LogP contribution in [0.1, 0.15) is 17.2 Å². The Kier molecular flexibility index (Phi) is 5.10. The lowest BCUT2D eigenvalue weighted by Gasteiger charge is -2.19. The van der Waals surface area contributed by atoms with Gasteiger partial charge in [-0.1, -0.05) is 39.7 Å². The highest BCUT2D eigenvalue weighted by atomic mass is 79.9. The van der Waals surface area contributed by atoms with Crippen LogP contribution in [-0.4, -0.2) is 0 Å². The van der Waals surface area contributed by atoms with E-state index in [0.29, 0.717) is 17.5 Å². The van der Waals surface area contributed by atoms with Crippen molar-refractivity contribution in [3.63, 3.8) is 0 Å². The molecule has 0 saturated heterocycles. The highest BCUT2D eigenvalue weighted by Crippen LogP contribution is 2.29. The Bertz CT molecular complexity index is 622. The van der Waals surface area contributed by atoms with E-state index in [-0.39, 0.29) is 10.8 Å². The van der Waals surface area contributed by atoms with Crippen molar-refractivity contribution in [2.75, 3.05) is 0 Å². The van der Waals surface area contributed by atoms with Gasteiger partial charge in [0.1, 0.15) is 11.6 Å². The van der Waals surface area contributed by atoms with Gasteiger partial charge in [0, 0.05) is 4.47 Å². The van der Waals surface area contributed by atoms with E-state index in [9.17, 15) is 8.78 Å². The summed E-state index contributed by atoms with van der Waals surface area (Å²) in [6.07, 6.45) is 0.373. The van der Waals surface area contributed by atoms with Gasteiger partial charge in [-0.15, -0.1) is 0 Å². The number of hydrazine groups is 1. The summed E-state index contributed by atoms with van der Waals surface area (Å²) in [5.41, 5.74) is 3.84. The molecule has 2 aromatic rings. The maximum atomic E-state index is 13.5. The predicted octanol–water partition coefficient (Wildman–Crippen LogP) is 4.13. The molecule has 0 aliphatic carbocycles. The number of rotatable bonds is 4. The number of hydrogen-bond acceptors (Lipinski definition) is 2. The second-order valence-electron chi connectivity index (χ2n) is 4.30. The van der Waals surface area contributed by atoms with Gasteiger partial charge in [0.05, 0.1) is 11.1 Å². The Balaban J connectivity index is 2.34. The Hall–Kier alpha value is -1.01. The standard InChI is InChI=1S/C14H12BrClF2N2/c15-11-5-4-9(17)6-8(11)7-13(20-19)10-2-1-3-12(18)14(10)16/h1-6,13,20H,7,19H2. The first-order valence-electron chi connectivity index (χ1n) is 5.87. The molecule has 2 nitrogen and oxygen atoms in total. The lowest BCUT2D eigenvalue weighted by molar-refractivity contribution is 0.541. The summed E-state index contributed by atoms with van der Waals surface area (Å²) in [6.45, 7) is 0. The van der Waals surface area contributed by atoms with Gasteiger partial charge in [0.2, 0.25) is 0 Å².